The highest BCUT2D eigenvalue weighted by molar-refractivity contribution is 6.34. The van der Waals surface area contributed by atoms with E-state index in [4.69, 9.17) is 16.3 Å². The van der Waals surface area contributed by atoms with Crippen LogP contribution in [0.25, 0.3) is 22.3 Å². The van der Waals surface area contributed by atoms with Gasteiger partial charge in [-0.25, -0.2) is 9.78 Å². The molecule has 41 heavy (non-hydrogen) atoms. The van der Waals surface area contributed by atoms with Gasteiger partial charge in [-0.1, -0.05) is 49.7 Å². The lowest BCUT2D eigenvalue weighted by Crippen LogP contribution is -2.50. The van der Waals surface area contributed by atoms with Gasteiger partial charge in [0.05, 0.1) is 10.7 Å². The molecule has 2 aromatic carbocycles. The number of rotatable bonds is 4. The first-order chi connectivity index (χ1) is 19.3. The van der Waals surface area contributed by atoms with Gasteiger partial charge in [0, 0.05) is 55.5 Å². The first-order valence-electron chi connectivity index (χ1n) is 14.0. The smallest absolute Gasteiger partial charge is 0.410 e. The number of aromatic hydroxyl groups is 1. The summed E-state index contributed by atoms with van der Waals surface area (Å²) in [5.74, 6) is 0.986. The van der Waals surface area contributed by atoms with E-state index in [-0.39, 0.29) is 17.7 Å². The summed E-state index contributed by atoms with van der Waals surface area (Å²) in [6.07, 6.45) is 2.21. The summed E-state index contributed by atoms with van der Waals surface area (Å²) >= 11 is 6.67. The van der Waals surface area contributed by atoms with Gasteiger partial charge in [0.25, 0.3) is 0 Å². The zero-order valence-corrected chi connectivity index (χ0v) is 25.0. The summed E-state index contributed by atoms with van der Waals surface area (Å²) in [6.45, 7) is 12.5. The lowest BCUT2D eigenvalue weighted by atomic mass is 9.92. The average molecular weight is 577 g/mol. The average Bonchev–Trinajstić information content (AvgIpc) is 3.19. The maximum atomic E-state index is 12.8. The van der Waals surface area contributed by atoms with Crippen molar-refractivity contribution in [1.29, 1.82) is 0 Å². The van der Waals surface area contributed by atoms with Gasteiger partial charge >= 0.3 is 6.09 Å². The number of piperazine rings is 1. The topological polar surface area (TPSA) is 86.2 Å². The molecule has 0 saturated carbocycles. The quantitative estimate of drug-likeness (QED) is 0.377. The van der Waals surface area contributed by atoms with E-state index in [1.54, 1.807) is 22.1 Å². The van der Waals surface area contributed by atoms with Gasteiger partial charge in [0.1, 0.15) is 17.2 Å². The van der Waals surface area contributed by atoms with Gasteiger partial charge in [-0.05, 0) is 62.6 Å². The Morgan fingerprint density at radius 2 is 1.63 bits per heavy atom. The number of ether oxygens (including phenoxy) is 1. The van der Waals surface area contributed by atoms with Gasteiger partial charge in [-0.15, -0.1) is 0 Å². The van der Waals surface area contributed by atoms with Crippen LogP contribution in [-0.2, 0) is 9.53 Å². The molecule has 0 aliphatic carbocycles. The number of para-hydroxylation sites is 1. The number of anilines is 2. The Kier molecular flexibility index (Phi) is 7.64. The minimum Gasteiger partial charge on any atom is -0.507 e. The molecule has 9 heteroatoms. The van der Waals surface area contributed by atoms with E-state index in [1.807, 2.05) is 77.1 Å². The van der Waals surface area contributed by atoms with Crippen molar-refractivity contribution in [2.24, 2.45) is 5.41 Å². The second kappa shape index (κ2) is 10.9. The van der Waals surface area contributed by atoms with Crippen LogP contribution in [0.1, 0.15) is 41.0 Å². The summed E-state index contributed by atoms with van der Waals surface area (Å²) in [4.78, 5) is 35.4. The van der Waals surface area contributed by atoms with Crippen LogP contribution in [0.5, 0.6) is 5.75 Å². The molecule has 2 amide bonds. The highest BCUT2D eigenvalue weighted by Crippen LogP contribution is 2.42. The number of nitrogens with zero attached hydrogens (tertiary/aromatic N) is 4. The number of aromatic nitrogens is 1. The van der Waals surface area contributed by atoms with Crippen molar-refractivity contribution in [3.8, 4) is 28.0 Å². The highest BCUT2D eigenvalue weighted by atomic mass is 35.5. The Labute approximate surface area is 246 Å². The molecule has 1 N–H and O–H groups in total. The number of pyridine rings is 1. The van der Waals surface area contributed by atoms with Crippen molar-refractivity contribution in [2.45, 2.75) is 46.6 Å². The highest BCUT2D eigenvalue weighted by Gasteiger charge is 2.40. The number of benzene rings is 2. The van der Waals surface area contributed by atoms with Crippen LogP contribution in [-0.4, -0.2) is 65.3 Å². The number of carbonyl (C=O) groups excluding carboxylic acids is 2. The zero-order valence-electron chi connectivity index (χ0n) is 24.3. The third kappa shape index (κ3) is 5.98. The van der Waals surface area contributed by atoms with Crippen molar-refractivity contribution < 1.29 is 19.4 Å². The second-order valence-electron chi connectivity index (χ2n) is 12.3. The van der Waals surface area contributed by atoms with Gasteiger partial charge in [-0.3, -0.25) is 4.79 Å². The van der Waals surface area contributed by atoms with E-state index < -0.39 is 11.0 Å². The van der Waals surface area contributed by atoms with E-state index in [9.17, 15) is 14.7 Å². The fourth-order valence-electron chi connectivity index (χ4n) is 5.30. The van der Waals surface area contributed by atoms with Crippen LogP contribution < -0.4 is 9.80 Å². The molecule has 3 heterocycles. The SMILES string of the molecule is CC(C)(C)OC(=O)N1CCN(c2cc(-c3cccc(-c4ccc(N5CCC(C)(C)C5=O)c(Cl)c4)c3O)ccn2)CC1. The van der Waals surface area contributed by atoms with Gasteiger partial charge < -0.3 is 24.5 Å². The number of phenols is 1. The molecule has 0 radical (unpaired) electrons. The number of halogens is 1. The Morgan fingerprint density at radius 3 is 2.22 bits per heavy atom. The minimum absolute atomic E-state index is 0.0664. The van der Waals surface area contributed by atoms with Crippen molar-refractivity contribution in [2.75, 3.05) is 42.5 Å². The molecule has 1 aromatic heterocycles. The zero-order chi connectivity index (χ0) is 29.5. The Balaban J connectivity index is 1.35. The van der Waals surface area contributed by atoms with Crippen LogP contribution in [0.3, 0.4) is 0 Å². The van der Waals surface area contributed by atoms with E-state index in [1.165, 1.54) is 0 Å². The number of phenolic OH excluding ortho intramolecular Hbond substituents is 1. The molecule has 0 atom stereocenters. The maximum absolute atomic E-state index is 12.8. The molecule has 2 fully saturated rings. The third-order valence-corrected chi connectivity index (χ3v) is 7.98. The number of hydrogen-bond acceptors (Lipinski definition) is 6. The second-order valence-corrected chi connectivity index (χ2v) is 12.7. The summed E-state index contributed by atoms with van der Waals surface area (Å²) < 4.78 is 5.51. The molecule has 5 rings (SSSR count). The maximum Gasteiger partial charge on any atom is 0.410 e. The van der Waals surface area contributed by atoms with E-state index >= 15 is 0 Å². The van der Waals surface area contributed by atoms with Crippen molar-refractivity contribution >= 4 is 35.1 Å². The third-order valence-electron chi connectivity index (χ3n) is 7.68. The standard InChI is InChI=1S/C32H37ClN4O4/c1-31(2,3)41-30(40)36-17-15-35(16-18-36)27-20-22(11-13-34-27)24-8-6-7-23(28(24)38)21-9-10-26(25(33)19-21)37-14-12-32(4,5)29(37)39/h6-11,13,19-20,38H,12,14-18H2,1-5H3. The number of carbonyl (C=O) groups is 2. The predicted octanol–water partition coefficient (Wildman–Crippen LogP) is 6.59. The molecular formula is C32H37ClN4O4. The first-order valence-corrected chi connectivity index (χ1v) is 14.3. The number of hydrogen-bond donors (Lipinski definition) is 1. The molecule has 3 aromatic rings. The molecule has 0 bridgehead atoms. The predicted molar refractivity (Wildman–Crippen MR) is 163 cm³/mol. The fraction of sp³-hybridized carbons (Fsp3) is 0.406. The molecule has 216 valence electrons. The molecule has 2 aliphatic heterocycles. The minimum atomic E-state index is -0.530. The summed E-state index contributed by atoms with van der Waals surface area (Å²) in [5.41, 5.74) is 2.67. The van der Waals surface area contributed by atoms with Crippen LogP contribution in [0.2, 0.25) is 5.02 Å². The Bertz CT molecular complexity index is 1470. The van der Waals surface area contributed by atoms with Crippen LogP contribution in [0.4, 0.5) is 16.3 Å². The summed E-state index contributed by atoms with van der Waals surface area (Å²) in [7, 11) is 0. The molecule has 0 unspecified atom stereocenters. The fourth-order valence-corrected chi connectivity index (χ4v) is 5.58. The van der Waals surface area contributed by atoms with E-state index in [2.05, 4.69) is 9.88 Å². The van der Waals surface area contributed by atoms with Crippen molar-refractivity contribution in [3.05, 3.63) is 59.8 Å². The van der Waals surface area contributed by atoms with Crippen LogP contribution in [0.15, 0.2) is 54.7 Å². The van der Waals surface area contributed by atoms with Gasteiger partial charge in [-0.2, -0.15) is 0 Å². The molecular weight excluding hydrogens is 540 g/mol. The normalized spacial score (nSPS) is 17.2. The Hall–Kier alpha value is -3.78. The first kappa shape index (κ1) is 28.7. The molecule has 2 saturated heterocycles. The van der Waals surface area contributed by atoms with Gasteiger partial charge in [0.15, 0.2) is 0 Å². The molecule has 0 spiro atoms. The van der Waals surface area contributed by atoms with Crippen LogP contribution in [0, 0.1) is 5.41 Å². The largest absolute Gasteiger partial charge is 0.507 e. The number of amides is 2. The lowest BCUT2D eigenvalue weighted by molar-refractivity contribution is -0.123. The molecule has 2 aliphatic rings. The molecule has 8 nitrogen and oxygen atoms in total. The van der Waals surface area contributed by atoms with Gasteiger partial charge in [0.2, 0.25) is 5.91 Å². The Morgan fingerprint density at radius 1 is 0.976 bits per heavy atom. The lowest BCUT2D eigenvalue weighted by Gasteiger charge is -2.36. The monoisotopic (exact) mass is 576 g/mol. The van der Waals surface area contributed by atoms with E-state index in [0.29, 0.717) is 54.6 Å². The van der Waals surface area contributed by atoms with E-state index in [0.717, 1.165) is 23.4 Å². The summed E-state index contributed by atoms with van der Waals surface area (Å²) in [6, 6.07) is 15.0. The van der Waals surface area contributed by atoms with Crippen LogP contribution >= 0.6 is 11.6 Å². The van der Waals surface area contributed by atoms with Crippen molar-refractivity contribution in [3.63, 3.8) is 0 Å². The van der Waals surface area contributed by atoms with Crippen molar-refractivity contribution in [1.82, 2.24) is 9.88 Å². The summed E-state index contributed by atoms with van der Waals surface area (Å²) in [5, 5.41) is 11.8.